The van der Waals surface area contributed by atoms with E-state index in [9.17, 15) is 4.79 Å². The Kier molecular flexibility index (Phi) is 7.68. The van der Waals surface area contributed by atoms with Crippen LogP contribution in [0.5, 0.6) is 0 Å². The first-order chi connectivity index (χ1) is 12.0. The van der Waals surface area contributed by atoms with Gasteiger partial charge in [-0.05, 0) is 37.6 Å². The first-order valence-electron chi connectivity index (χ1n) is 9.06. The lowest BCUT2D eigenvalue weighted by Gasteiger charge is -2.33. The normalized spacial score (nSPS) is 18.6. The molecule has 6 nitrogen and oxygen atoms in total. The van der Waals surface area contributed by atoms with Crippen LogP contribution in [0.4, 0.5) is 10.5 Å². The van der Waals surface area contributed by atoms with Gasteiger partial charge in [-0.25, -0.2) is 4.79 Å². The maximum Gasteiger partial charge on any atom is 0.319 e. The molecule has 1 aromatic carbocycles. The molecule has 25 heavy (non-hydrogen) atoms. The van der Waals surface area contributed by atoms with E-state index in [2.05, 4.69) is 34.4 Å². The number of hydrogen-bond donors (Lipinski definition) is 2. The maximum absolute atomic E-state index is 12.1. The van der Waals surface area contributed by atoms with E-state index in [1.165, 1.54) is 0 Å². The first-order valence-corrected chi connectivity index (χ1v) is 9.06. The van der Waals surface area contributed by atoms with Crippen LogP contribution in [0.1, 0.15) is 25.5 Å². The summed E-state index contributed by atoms with van der Waals surface area (Å²) in [7, 11) is 3.84. The number of amides is 2. The molecule has 0 radical (unpaired) electrons. The number of methoxy groups -OCH3 is 1. The Hall–Kier alpha value is -1.63. The molecule has 1 aromatic rings. The number of carbonyl (C=O) groups excluding carboxylic acids is 1. The highest BCUT2D eigenvalue weighted by Gasteiger charge is 2.16. The number of urea groups is 1. The maximum atomic E-state index is 12.1. The minimum absolute atomic E-state index is 0.00780. The number of nitrogens with zero attached hydrogens (tertiary/aromatic N) is 2. The highest BCUT2D eigenvalue weighted by molar-refractivity contribution is 5.89. The van der Waals surface area contributed by atoms with Gasteiger partial charge in [-0.3, -0.25) is 0 Å². The van der Waals surface area contributed by atoms with Crippen molar-refractivity contribution in [3.05, 3.63) is 29.8 Å². The van der Waals surface area contributed by atoms with Crippen LogP contribution in [0.25, 0.3) is 0 Å². The summed E-state index contributed by atoms with van der Waals surface area (Å²) in [5.74, 6) is 0.425. The molecule has 2 rings (SSSR count). The van der Waals surface area contributed by atoms with Gasteiger partial charge in [0.2, 0.25) is 0 Å². The zero-order chi connectivity index (χ0) is 18.2. The number of carbonyl (C=O) groups is 1. The number of piperazine rings is 1. The number of nitrogens with one attached hydrogen (secondary N) is 2. The van der Waals surface area contributed by atoms with Gasteiger partial charge in [-0.15, -0.1) is 0 Å². The molecule has 140 valence electrons. The summed E-state index contributed by atoms with van der Waals surface area (Å²) in [5, 5.41) is 5.87. The van der Waals surface area contributed by atoms with Gasteiger partial charge in [0.1, 0.15) is 0 Å². The van der Waals surface area contributed by atoms with Crippen LogP contribution < -0.4 is 10.6 Å². The van der Waals surface area contributed by atoms with Crippen molar-refractivity contribution in [3.63, 3.8) is 0 Å². The van der Waals surface area contributed by atoms with Crippen molar-refractivity contribution in [2.24, 2.45) is 5.92 Å². The smallest absolute Gasteiger partial charge is 0.319 e. The molecule has 0 unspecified atom stereocenters. The Bertz CT molecular complexity index is 544. The largest absolute Gasteiger partial charge is 0.377 e. The molecule has 2 atom stereocenters. The minimum Gasteiger partial charge on any atom is -0.377 e. The number of rotatable bonds is 7. The molecule has 1 heterocycles. The summed E-state index contributed by atoms with van der Waals surface area (Å²) in [6.07, 6.45) is 0.00780. The van der Waals surface area contributed by atoms with Crippen molar-refractivity contribution in [2.75, 3.05) is 58.7 Å². The molecule has 1 fully saturated rings. The van der Waals surface area contributed by atoms with Crippen molar-refractivity contribution >= 4 is 11.7 Å². The fourth-order valence-corrected chi connectivity index (χ4v) is 2.98. The average Bonchev–Trinajstić information content (AvgIpc) is 2.61. The van der Waals surface area contributed by atoms with Crippen molar-refractivity contribution in [1.29, 1.82) is 0 Å². The Balaban J connectivity index is 1.73. The molecule has 2 amide bonds. The highest BCUT2D eigenvalue weighted by Crippen LogP contribution is 2.19. The quantitative estimate of drug-likeness (QED) is 0.794. The molecule has 0 aromatic heterocycles. The van der Waals surface area contributed by atoms with Crippen LogP contribution in [-0.4, -0.2) is 69.3 Å². The van der Waals surface area contributed by atoms with Crippen molar-refractivity contribution in [1.82, 2.24) is 15.1 Å². The van der Waals surface area contributed by atoms with E-state index in [4.69, 9.17) is 4.74 Å². The fourth-order valence-electron chi connectivity index (χ4n) is 2.98. The molecule has 6 heteroatoms. The summed E-state index contributed by atoms with van der Waals surface area (Å²) >= 11 is 0. The summed E-state index contributed by atoms with van der Waals surface area (Å²) in [4.78, 5) is 17.0. The van der Waals surface area contributed by atoms with Gasteiger partial charge >= 0.3 is 6.03 Å². The van der Waals surface area contributed by atoms with Crippen LogP contribution >= 0.6 is 0 Å². The molecule has 0 spiro atoms. The van der Waals surface area contributed by atoms with Crippen LogP contribution in [0, 0.1) is 5.92 Å². The molecule has 1 aliphatic heterocycles. The predicted molar refractivity (Wildman–Crippen MR) is 102 cm³/mol. The highest BCUT2D eigenvalue weighted by atomic mass is 16.5. The van der Waals surface area contributed by atoms with Crippen molar-refractivity contribution < 1.29 is 9.53 Å². The minimum atomic E-state index is -0.160. The summed E-state index contributed by atoms with van der Waals surface area (Å²) in [5.41, 5.74) is 1.83. The van der Waals surface area contributed by atoms with Crippen LogP contribution in [-0.2, 0) is 4.74 Å². The van der Waals surface area contributed by atoms with Gasteiger partial charge in [-0.2, -0.15) is 0 Å². The monoisotopic (exact) mass is 348 g/mol. The molecule has 1 aliphatic rings. The molecule has 0 aliphatic carbocycles. The lowest BCUT2D eigenvalue weighted by Crippen LogP contribution is -2.47. The Morgan fingerprint density at radius 2 is 1.96 bits per heavy atom. The molecule has 1 saturated heterocycles. The van der Waals surface area contributed by atoms with E-state index >= 15 is 0 Å². The topological polar surface area (TPSA) is 56.8 Å². The number of benzene rings is 1. The van der Waals surface area contributed by atoms with Crippen molar-refractivity contribution in [3.8, 4) is 0 Å². The second kappa shape index (κ2) is 9.75. The molecule has 2 N–H and O–H groups in total. The third-order valence-corrected chi connectivity index (χ3v) is 4.74. The van der Waals surface area contributed by atoms with Gasteiger partial charge in [0, 0.05) is 52.1 Å². The van der Waals surface area contributed by atoms with E-state index < -0.39 is 0 Å². The Morgan fingerprint density at radius 3 is 2.64 bits per heavy atom. The lowest BCUT2D eigenvalue weighted by atomic mass is 10.1. The Morgan fingerprint density at radius 1 is 1.24 bits per heavy atom. The van der Waals surface area contributed by atoms with Gasteiger partial charge in [0.25, 0.3) is 0 Å². The number of ether oxygens (including phenoxy) is 1. The van der Waals surface area contributed by atoms with E-state index in [0.717, 1.165) is 44.0 Å². The second-order valence-corrected chi connectivity index (χ2v) is 7.05. The van der Waals surface area contributed by atoms with Crippen LogP contribution in [0.3, 0.4) is 0 Å². The summed E-state index contributed by atoms with van der Waals surface area (Å²) < 4.78 is 5.32. The number of likely N-dealkylation sites (N-methyl/N-ethyl adjacent to an activating group) is 1. The Labute approximate surface area is 151 Å². The van der Waals surface area contributed by atoms with Gasteiger partial charge in [0.15, 0.2) is 0 Å². The van der Waals surface area contributed by atoms with E-state index in [0.29, 0.717) is 12.5 Å². The molecular weight excluding hydrogens is 316 g/mol. The average molecular weight is 348 g/mol. The van der Waals surface area contributed by atoms with E-state index in [1.807, 2.05) is 31.2 Å². The third-order valence-electron chi connectivity index (χ3n) is 4.74. The zero-order valence-corrected chi connectivity index (χ0v) is 15.9. The zero-order valence-electron chi connectivity index (χ0n) is 15.9. The predicted octanol–water partition coefficient (Wildman–Crippen LogP) is 2.40. The van der Waals surface area contributed by atoms with Crippen LogP contribution in [0.15, 0.2) is 24.3 Å². The van der Waals surface area contributed by atoms with Crippen LogP contribution in [0.2, 0.25) is 0 Å². The first kappa shape index (κ1) is 19.7. The fraction of sp³-hybridized carbons (Fsp3) is 0.632. The van der Waals surface area contributed by atoms with E-state index in [-0.39, 0.29) is 12.1 Å². The SMILES string of the molecule is CO[C@H](C)c1cccc(NC(=O)NC[C@H](C)CN2CCN(C)CC2)c1. The molecule has 0 bridgehead atoms. The number of hydrogen-bond acceptors (Lipinski definition) is 4. The standard InChI is InChI=1S/C19H32N4O2/c1-15(14-23-10-8-22(3)9-11-23)13-20-19(24)21-18-7-5-6-17(12-18)16(2)25-4/h5-7,12,15-16H,8-11,13-14H2,1-4H3,(H2,20,21,24)/t15-,16+/m0/s1. The van der Waals surface area contributed by atoms with E-state index in [1.54, 1.807) is 7.11 Å². The molecular formula is C19H32N4O2. The lowest BCUT2D eigenvalue weighted by molar-refractivity contribution is 0.119. The van der Waals surface area contributed by atoms with Gasteiger partial charge in [-0.1, -0.05) is 19.1 Å². The number of anilines is 1. The van der Waals surface area contributed by atoms with Gasteiger partial charge in [0.05, 0.1) is 6.10 Å². The van der Waals surface area contributed by atoms with Crippen molar-refractivity contribution in [2.45, 2.75) is 20.0 Å². The summed E-state index contributed by atoms with van der Waals surface area (Å²) in [6.45, 7) is 10.3. The second-order valence-electron chi connectivity index (χ2n) is 7.05. The van der Waals surface area contributed by atoms with Gasteiger partial charge < -0.3 is 25.2 Å². The summed E-state index contributed by atoms with van der Waals surface area (Å²) in [6, 6.07) is 7.60. The molecule has 0 saturated carbocycles. The third kappa shape index (κ3) is 6.65.